The molecule has 26 heavy (non-hydrogen) atoms. The first-order chi connectivity index (χ1) is 12.8. The maximum atomic E-state index is 9.34. The average Bonchev–Trinajstić information content (AvgIpc) is 3.11. The third-order valence-corrected chi connectivity index (χ3v) is 4.47. The first-order valence-corrected chi connectivity index (χ1v) is 8.73. The summed E-state index contributed by atoms with van der Waals surface area (Å²) < 4.78 is 0. The van der Waals surface area contributed by atoms with E-state index in [9.17, 15) is 5.11 Å². The lowest BCUT2D eigenvalue weighted by atomic mass is 10.1. The van der Waals surface area contributed by atoms with E-state index in [1.54, 1.807) is 0 Å². The average molecular weight is 343 g/mol. The number of nitrogens with zero attached hydrogens (tertiary/aromatic N) is 2. The molecule has 0 saturated heterocycles. The minimum atomic E-state index is 0.00174. The van der Waals surface area contributed by atoms with Crippen LogP contribution in [0.1, 0.15) is 16.8 Å². The molecule has 0 unspecified atom stereocenters. The molecule has 0 amide bonds. The second kappa shape index (κ2) is 7.42. The van der Waals surface area contributed by atoms with Crippen LogP contribution in [0.15, 0.2) is 79.0 Å². The molecule has 0 aliphatic rings. The summed E-state index contributed by atoms with van der Waals surface area (Å²) in [7, 11) is 0. The highest BCUT2D eigenvalue weighted by Crippen LogP contribution is 2.23. The summed E-state index contributed by atoms with van der Waals surface area (Å²) in [4.78, 5) is 10.1. The molecule has 0 bridgehead atoms. The predicted octanol–water partition coefficient (Wildman–Crippen LogP) is 4.26. The monoisotopic (exact) mass is 343 g/mol. The van der Waals surface area contributed by atoms with Crippen molar-refractivity contribution in [1.82, 2.24) is 9.97 Å². The van der Waals surface area contributed by atoms with Crippen LogP contribution in [0.4, 0.5) is 5.82 Å². The molecule has 0 aliphatic carbocycles. The molecule has 4 aromatic rings. The molecule has 2 aromatic carbocycles. The van der Waals surface area contributed by atoms with Crippen LogP contribution in [0.25, 0.3) is 10.9 Å². The van der Waals surface area contributed by atoms with E-state index in [1.165, 1.54) is 11.1 Å². The summed E-state index contributed by atoms with van der Waals surface area (Å²) in [6, 6.07) is 24.9. The maximum absolute atomic E-state index is 9.34. The van der Waals surface area contributed by atoms with Gasteiger partial charge in [-0.3, -0.25) is 0 Å². The molecule has 0 radical (unpaired) electrons. The first kappa shape index (κ1) is 16.4. The van der Waals surface area contributed by atoms with Gasteiger partial charge in [0.25, 0.3) is 0 Å². The van der Waals surface area contributed by atoms with Gasteiger partial charge in [0.1, 0.15) is 5.82 Å². The molecule has 2 heterocycles. The fourth-order valence-electron chi connectivity index (χ4n) is 3.16. The third-order valence-electron chi connectivity index (χ3n) is 4.47. The molecule has 4 nitrogen and oxygen atoms in total. The van der Waals surface area contributed by atoms with Crippen molar-refractivity contribution in [3.05, 3.63) is 95.8 Å². The molecule has 0 saturated carbocycles. The summed E-state index contributed by atoms with van der Waals surface area (Å²) in [5.74, 6) is 0.925. The lowest BCUT2D eigenvalue weighted by Gasteiger charge is -2.24. The lowest BCUT2D eigenvalue weighted by Crippen LogP contribution is -2.23. The van der Waals surface area contributed by atoms with Gasteiger partial charge in [-0.05, 0) is 23.3 Å². The number of hydrogen-bond donors (Lipinski definition) is 2. The van der Waals surface area contributed by atoms with Gasteiger partial charge in [-0.2, -0.15) is 0 Å². The van der Waals surface area contributed by atoms with E-state index in [0.29, 0.717) is 0 Å². The minimum Gasteiger partial charge on any atom is -0.390 e. The van der Waals surface area contributed by atoms with Crippen molar-refractivity contribution in [2.24, 2.45) is 0 Å². The second-order valence-electron chi connectivity index (χ2n) is 6.41. The Bertz CT molecular complexity index is 939. The first-order valence-electron chi connectivity index (χ1n) is 8.73. The number of H-pyrrole nitrogens is 1. The second-order valence-corrected chi connectivity index (χ2v) is 6.41. The zero-order valence-corrected chi connectivity index (χ0v) is 14.5. The number of benzene rings is 2. The van der Waals surface area contributed by atoms with Crippen LogP contribution in [0.2, 0.25) is 0 Å². The summed E-state index contributed by atoms with van der Waals surface area (Å²) in [5.41, 5.74) is 4.24. The quantitative estimate of drug-likeness (QED) is 0.550. The number of anilines is 1. The van der Waals surface area contributed by atoms with Crippen molar-refractivity contribution in [3.63, 3.8) is 0 Å². The Morgan fingerprint density at radius 2 is 1.46 bits per heavy atom. The number of rotatable bonds is 6. The van der Waals surface area contributed by atoms with Crippen LogP contribution in [-0.2, 0) is 19.7 Å². The van der Waals surface area contributed by atoms with Crippen molar-refractivity contribution in [2.75, 3.05) is 4.90 Å². The number of aliphatic hydroxyl groups is 1. The van der Waals surface area contributed by atoms with Crippen molar-refractivity contribution < 1.29 is 5.11 Å². The van der Waals surface area contributed by atoms with Crippen LogP contribution in [0, 0.1) is 0 Å². The van der Waals surface area contributed by atoms with Crippen molar-refractivity contribution in [3.8, 4) is 0 Å². The molecule has 0 spiro atoms. The van der Waals surface area contributed by atoms with E-state index < -0.39 is 0 Å². The Kier molecular flexibility index (Phi) is 4.67. The molecule has 0 aliphatic heterocycles. The number of aromatic amines is 1. The molecule has 0 fully saturated rings. The largest absolute Gasteiger partial charge is 0.390 e. The standard InChI is InChI=1S/C22H21N3O/c26-16-20-11-19-12-22(23-13-21(19)24-20)25(14-17-7-3-1-4-8-17)15-18-9-5-2-6-10-18/h1-13,24,26H,14-16H2. The van der Waals surface area contributed by atoms with Crippen molar-refractivity contribution in [2.45, 2.75) is 19.7 Å². The van der Waals surface area contributed by atoms with Crippen LogP contribution < -0.4 is 4.90 Å². The molecule has 2 N–H and O–H groups in total. The van der Waals surface area contributed by atoms with Crippen LogP contribution in [0.5, 0.6) is 0 Å². The summed E-state index contributed by atoms with van der Waals surface area (Å²) in [6.07, 6.45) is 1.84. The molecule has 0 atom stereocenters. The van der Waals surface area contributed by atoms with Gasteiger partial charge in [0.05, 0.1) is 18.3 Å². The Labute approximate surface area is 152 Å². The predicted molar refractivity (Wildman–Crippen MR) is 105 cm³/mol. The minimum absolute atomic E-state index is 0.00174. The maximum Gasteiger partial charge on any atom is 0.129 e. The molecule has 4 heteroatoms. The Balaban J connectivity index is 1.69. The highest BCUT2D eigenvalue weighted by Gasteiger charge is 2.12. The number of hydrogen-bond acceptors (Lipinski definition) is 3. The number of fused-ring (bicyclic) bond motifs is 1. The van der Waals surface area contributed by atoms with Crippen LogP contribution >= 0.6 is 0 Å². The van der Waals surface area contributed by atoms with Gasteiger partial charge >= 0.3 is 0 Å². The fraction of sp³-hybridized carbons (Fsp3) is 0.136. The highest BCUT2D eigenvalue weighted by atomic mass is 16.3. The summed E-state index contributed by atoms with van der Waals surface area (Å²) in [5, 5.41) is 10.4. The third kappa shape index (κ3) is 3.60. The van der Waals surface area contributed by atoms with E-state index in [1.807, 2.05) is 24.4 Å². The van der Waals surface area contributed by atoms with E-state index in [-0.39, 0.29) is 6.61 Å². The number of aliphatic hydroxyl groups excluding tert-OH is 1. The lowest BCUT2D eigenvalue weighted by molar-refractivity contribution is 0.278. The Morgan fingerprint density at radius 3 is 2.04 bits per heavy atom. The van der Waals surface area contributed by atoms with E-state index in [4.69, 9.17) is 0 Å². The van der Waals surface area contributed by atoms with Crippen LogP contribution in [-0.4, -0.2) is 15.1 Å². The normalized spacial score (nSPS) is 11.0. The van der Waals surface area contributed by atoms with E-state index in [2.05, 4.69) is 69.5 Å². The van der Waals surface area contributed by atoms with E-state index in [0.717, 1.165) is 35.5 Å². The number of pyridine rings is 1. The zero-order valence-electron chi connectivity index (χ0n) is 14.5. The Morgan fingerprint density at radius 1 is 0.846 bits per heavy atom. The van der Waals surface area contributed by atoms with Crippen molar-refractivity contribution >= 4 is 16.7 Å². The molecular formula is C22H21N3O. The van der Waals surface area contributed by atoms with Gasteiger partial charge in [-0.1, -0.05) is 60.7 Å². The molecule has 4 rings (SSSR count). The molecule has 130 valence electrons. The highest BCUT2D eigenvalue weighted by molar-refractivity contribution is 5.82. The summed E-state index contributed by atoms with van der Waals surface area (Å²) in [6.45, 7) is 1.57. The van der Waals surface area contributed by atoms with Gasteiger partial charge in [0.2, 0.25) is 0 Å². The topological polar surface area (TPSA) is 52.1 Å². The van der Waals surface area contributed by atoms with Gasteiger partial charge in [0.15, 0.2) is 0 Å². The van der Waals surface area contributed by atoms with E-state index >= 15 is 0 Å². The fourth-order valence-corrected chi connectivity index (χ4v) is 3.16. The van der Waals surface area contributed by atoms with Gasteiger partial charge in [-0.15, -0.1) is 0 Å². The molecule has 2 aromatic heterocycles. The van der Waals surface area contributed by atoms with Crippen molar-refractivity contribution in [1.29, 1.82) is 0 Å². The summed E-state index contributed by atoms with van der Waals surface area (Å²) >= 11 is 0. The smallest absolute Gasteiger partial charge is 0.129 e. The molecular weight excluding hydrogens is 322 g/mol. The zero-order chi connectivity index (χ0) is 17.8. The van der Waals surface area contributed by atoms with Gasteiger partial charge < -0.3 is 15.0 Å². The number of aromatic nitrogens is 2. The Hall–Kier alpha value is -3.11. The SMILES string of the molecule is OCc1cc2cc(N(Cc3ccccc3)Cc3ccccc3)ncc2[nH]1. The van der Waals surface area contributed by atoms with Gasteiger partial charge in [-0.25, -0.2) is 4.98 Å². The van der Waals surface area contributed by atoms with Gasteiger partial charge in [0, 0.05) is 24.2 Å². The van der Waals surface area contributed by atoms with Crippen LogP contribution in [0.3, 0.4) is 0 Å². The number of nitrogens with one attached hydrogen (secondary N) is 1.